The lowest BCUT2D eigenvalue weighted by Crippen LogP contribution is -2.60. The topological polar surface area (TPSA) is 103 Å². The SMILES string of the molecule is CCOc1ncccc1-c1ccc(N2CCN(C(=O)N3CCCC3(CC)CC)C[C@H]2CC)c(C(=O)N[C@@H]2CCNC2)n1. The second-order valence-corrected chi connectivity index (χ2v) is 11.7. The van der Waals surface area contributed by atoms with E-state index in [1.807, 2.05) is 36.1 Å². The fourth-order valence-corrected chi connectivity index (χ4v) is 6.96. The number of amides is 3. The van der Waals surface area contributed by atoms with E-state index in [0.29, 0.717) is 43.5 Å². The minimum atomic E-state index is -0.177. The van der Waals surface area contributed by atoms with Crippen molar-refractivity contribution in [3.63, 3.8) is 0 Å². The molecule has 2 atom stereocenters. The van der Waals surface area contributed by atoms with Crippen molar-refractivity contribution in [1.82, 2.24) is 30.4 Å². The van der Waals surface area contributed by atoms with E-state index in [0.717, 1.165) is 69.4 Å². The molecular formula is C32H47N7O3. The molecule has 228 valence electrons. The zero-order chi connectivity index (χ0) is 29.7. The Morgan fingerprint density at radius 2 is 1.95 bits per heavy atom. The molecule has 10 heteroatoms. The van der Waals surface area contributed by atoms with Gasteiger partial charge in [-0.05, 0) is 76.3 Å². The molecule has 2 aromatic heterocycles. The van der Waals surface area contributed by atoms with Crippen molar-refractivity contribution in [1.29, 1.82) is 0 Å². The number of likely N-dealkylation sites (tertiary alicyclic amines) is 1. The van der Waals surface area contributed by atoms with Crippen LogP contribution in [0.15, 0.2) is 30.5 Å². The Kier molecular flexibility index (Phi) is 9.50. The summed E-state index contributed by atoms with van der Waals surface area (Å²) in [5.74, 6) is 0.325. The highest BCUT2D eigenvalue weighted by Crippen LogP contribution is 2.37. The Hall–Kier alpha value is -3.40. The van der Waals surface area contributed by atoms with Gasteiger partial charge < -0.3 is 30.1 Å². The maximum absolute atomic E-state index is 13.8. The summed E-state index contributed by atoms with van der Waals surface area (Å²) in [6, 6.07) is 8.05. The molecule has 3 fully saturated rings. The van der Waals surface area contributed by atoms with Gasteiger partial charge in [0.05, 0.1) is 23.6 Å². The van der Waals surface area contributed by atoms with E-state index >= 15 is 0 Å². The van der Waals surface area contributed by atoms with Crippen LogP contribution in [0.3, 0.4) is 0 Å². The van der Waals surface area contributed by atoms with Crippen LogP contribution in [-0.2, 0) is 0 Å². The summed E-state index contributed by atoms with van der Waals surface area (Å²) >= 11 is 0. The van der Waals surface area contributed by atoms with Gasteiger partial charge in [0.1, 0.15) is 0 Å². The van der Waals surface area contributed by atoms with Gasteiger partial charge in [0, 0.05) is 56.5 Å². The van der Waals surface area contributed by atoms with Gasteiger partial charge in [-0.2, -0.15) is 0 Å². The maximum Gasteiger partial charge on any atom is 0.320 e. The Balaban J connectivity index is 1.44. The second-order valence-electron chi connectivity index (χ2n) is 11.7. The van der Waals surface area contributed by atoms with Crippen LogP contribution in [-0.4, -0.2) is 95.2 Å². The number of rotatable bonds is 9. The molecule has 3 amide bonds. The van der Waals surface area contributed by atoms with E-state index in [2.05, 4.69) is 46.2 Å². The molecular weight excluding hydrogens is 530 g/mol. The van der Waals surface area contributed by atoms with Crippen LogP contribution in [0.4, 0.5) is 10.5 Å². The normalized spacial score (nSPS) is 22.0. The van der Waals surface area contributed by atoms with Crippen molar-refractivity contribution < 1.29 is 14.3 Å². The number of aromatic nitrogens is 2. The van der Waals surface area contributed by atoms with E-state index in [9.17, 15) is 9.59 Å². The largest absolute Gasteiger partial charge is 0.477 e. The van der Waals surface area contributed by atoms with Crippen molar-refractivity contribution in [2.45, 2.75) is 83.8 Å². The Labute approximate surface area is 250 Å². The van der Waals surface area contributed by atoms with Gasteiger partial charge in [-0.25, -0.2) is 14.8 Å². The number of carbonyl (C=O) groups is 2. The number of pyridine rings is 2. The first-order valence-electron chi connectivity index (χ1n) is 15.9. The Bertz CT molecular complexity index is 1240. The molecule has 0 aliphatic carbocycles. The first-order chi connectivity index (χ1) is 20.4. The number of hydrogen-bond acceptors (Lipinski definition) is 7. The molecule has 3 saturated heterocycles. The molecule has 10 nitrogen and oxygen atoms in total. The van der Waals surface area contributed by atoms with Crippen LogP contribution in [0.5, 0.6) is 5.88 Å². The quantitative estimate of drug-likeness (QED) is 0.458. The zero-order valence-electron chi connectivity index (χ0n) is 25.7. The van der Waals surface area contributed by atoms with Crippen LogP contribution < -0.4 is 20.3 Å². The molecule has 0 saturated carbocycles. The maximum atomic E-state index is 13.8. The predicted octanol–water partition coefficient (Wildman–Crippen LogP) is 4.31. The van der Waals surface area contributed by atoms with Crippen molar-refractivity contribution in [2.24, 2.45) is 0 Å². The van der Waals surface area contributed by atoms with Crippen LogP contribution in [0.1, 0.15) is 76.7 Å². The molecule has 2 N–H and O–H groups in total. The lowest BCUT2D eigenvalue weighted by molar-refractivity contribution is 0.0930. The van der Waals surface area contributed by atoms with Gasteiger partial charge in [-0.1, -0.05) is 20.8 Å². The highest BCUT2D eigenvalue weighted by Gasteiger charge is 2.43. The van der Waals surface area contributed by atoms with Crippen molar-refractivity contribution in [2.75, 3.05) is 50.8 Å². The number of hydrogen-bond donors (Lipinski definition) is 2. The van der Waals surface area contributed by atoms with Gasteiger partial charge in [0.25, 0.3) is 5.91 Å². The Morgan fingerprint density at radius 1 is 1.12 bits per heavy atom. The van der Waals surface area contributed by atoms with Crippen molar-refractivity contribution in [3.05, 3.63) is 36.2 Å². The summed E-state index contributed by atoms with van der Waals surface area (Å²) < 4.78 is 5.78. The first kappa shape index (κ1) is 30.1. The molecule has 0 aromatic carbocycles. The number of carbonyl (C=O) groups excluding carboxylic acids is 2. The number of urea groups is 1. The lowest BCUT2D eigenvalue weighted by atomic mass is 9.90. The van der Waals surface area contributed by atoms with Gasteiger partial charge in [0.2, 0.25) is 5.88 Å². The summed E-state index contributed by atoms with van der Waals surface area (Å²) in [6.45, 7) is 13.3. The summed E-state index contributed by atoms with van der Waals surface area (Å²) in [4.78, 5) is 43.4. The molecule has 0 bridgehead atoms. The summed E-state index contributed by atoms with van der Waals surface area (Å²) in [7, 11) is 0. The highest BCUT2D eigenvalue weighted by molar-refractivity contribution is 5.99. The molecule has 2 aromatic rings. The first-order valence-corrected chi connectivity index (χ1v) is 15.9. The number of anilines is 1. The van der Waals surface area contributed by atoms with E-state index in [1.165, 1.54) is 0 Å². The predicted molar refractivity (Wildman–Crippen MR) is 165 cm³/mol. The fourth-order valence-electron chi connectivity index (χ4n) is 6.96. The smallest absolute Gasteiger partial charge is 0.320 e. The fraction of sp³-hybridized carbons (Fsp3) is 0.625. The molecule has 5 heterocycles. The van der Waals surface area contributed by atoms with Crippen molar-refractivity contribution >= 4 is 17.6 Å². The third-order valence-electron chi connectivity index (χ3n) is 9.49. The monoisotopic (exact) mass is 577 g/mol. The summed E-state index contributed by atoms with van der Waals surface area (Å²) in [5.41, 5.74) is 2.59. The van der Waals surface area contributed by atoms with Gasteiger partial charge in [-0.3, -0.25) is 4.79 Å². The Morgan fingerprint density at radius 3 is 2.67 bits per heavy atom. The van der Waals surface area contributed by atoms with Crippen LogP contribution in [0, 0.1) is 0 Å². The highest BCUT2D eigenvalue weighted by atomic mass is 16.5. The van der Waals surface area contributed by atoms with E-state index < -0.39 is 0 Å². The lowest BCUT2D eigenvalue weighted by Gasteiger charge is -2.46. The third kappa shape index (κ3) is 5.91. The van der Waals surface area contributed by atoms with Crippen LogP contribution in [0.2, 0.25) is 0 Å². The second kappa shape index (κ2) is 13.3. The molecule has 3 aliphatic heterocycles. The molecule has 3 aliphatic rings. The number of nitrogens with one attached hydrogen (secondary N) is 2. The summed E-state index contributed by atoms with van der Waals surface area (Å²) in [5, 5.41) is 6.53. The average Bonchev–Trinajstić information content (AvgIpc) is 3.71. The number of ether oxygens (including phenoxy) is 1. The standard InChI is InChI=1S/C32H47N7O3/c1-5-24-22-37(31(41)39-18-10-15-32(39,6-2)7-3)19-20-38(24)27-13-12-26(25-11-9-16-34-30(25)42-8-4)36-28(27)29(40)35-23-14-17-33-21-23/h9,11-13,16,23-24,33H,5-8,10,14-15,17-22H2,1-4H3,(H,35,40)/t23-,24-/m1/s1. The molecule has 0 unspecified atom stereocenters. The number of nitrogens with zero attached hydrogens (tertiary/aromatic N) is 5. The van der Waals surface area contributed by atoms with Gasteiger partial charge in [0.15, 0.2) is 5.69 Å². The van der Waals surface area contributed by atoms with Gasteiger partial charge in [-0.15, -0.1) is 0 Å². The zero-order valence-corrected chi connectivity index (χ0v) is 25.7. The minimum absolute atomic E-state index is 0.0251. The molecule has 5 rings (SSSR count). The molecule has 42 heavy (non-hydrogen) atoms. The van der Waals surface area contributed by atoms with E-state index in [4.69, 9.17) is 9.72 Å². The van der Waals surface area contributed by atoms with E-state index in [-0.39, 0.29) is 29.6 Å². The minimum Gasteiger partial charge on any atom is -0.477 e. The van der Waals surface area contributed by atoms with E-state index in [1.54, 1.807) is 6.20 Å². The van der Waals surface area contributed by atoms with Crippen LogP contribution >= 0.6 is 0 Å². The third-order valence-corrected chi connectivity index (χ3v) is 9.49. The van der Waals surface area contributed by atoms with Crippen LogP contribution in [0.25, 0.3) is 11.3 Å². The average molecular weight is 578 g/mol. The summed E-state index contributed by atoms with van der Waals surface area (Å²) in [6.07, 6.45) is 7.57. The molecule has 0 radical (unpaired) electrons. The van der Waals surface area contributed by atoms with Gasteiger partial charge >= 0.3 is 6.03 Å². The van der Waals surface area contributed by atoms with Crippen molar-refractivity contribution in [3.8, 4) is 17.1 Å². The number of piperazine rings is 1. The molecule has 0 spiro atoms.